The van der Waals surface area contributed by atoms with Gasteiger partial charge in [-0.05, 0) is 30.7 Å². The van der Waals surface area contributed by atoms with Gasteiger partial charge in [-0.25, -0.2) is 9.18 Å². The summed E-state index contributed by atoms with van der Waals surface area (Å²) in [7, 11) is 1.60. The van der Waals surface area contributed by atoms with Crippen LogP contribution in [0, 0.1) is 5.82 Å². The highest BCUT2D eigenvalue weighted by atomic mass is 19.1. The summed E-state index contributed by atoms with van der Waals surface area (Å²) < 4.78 is 24.6. The first-order valence-electron chi connectivity index (χ1n) is 8.52. The largest absolute Gasteiger partial charge is 0.497 e. The van der Waals surface area contributed by atoms with Crippen LogP contribution in [0.5, 0.6) is 5.75 Å². The van der Waals surface area contributed by atoms with Crippen molar-refractivity contribution in [2.45, 2.75) is 13.0 Å². The number of methoxy groups -OCH3 is 1. The average molecular weight is 359 g/mol. The zero-order chi connectivity index (χ0) is 18.5. The van der Waals surface area contributed by atoms with E-state index in [-0.39, 0.29) is 18.0 Å². The fraction of sp³-hybridized carbons (Fsp3) is 0.368. The standard InChI is InChI=1S/C19H22FN3O3/c1-14(15-4-3-5-16(12-15)25-2)26-19(24)23-10-8-22(9-11-23)18-6-7-21-13-17(18)20/h3-7,12-14H,8-11H2,1-2H3/t14-/m1/s1. The lowest BCUT2D eigenvalue weighted by atomic mass is 10.1. The summed E-state index contributed by atoms with van der Waals surface area (Å²) in [5, 5.41) is 0. The molecule has 1 aliphatic heterocycles. The van der Waals surface area contributed by atoms with Gasteiger partial charge in [-0.15, -0.1) is 0 Å². The van der Waals surface area contributed by atoms with Crippen molar-refractivity contribution in [1.82, 2.24) is 9.88 Å². The topological polar surface area (TPSA) is 54.9 Å². The molecule has 1 fully saturated rings. The summed E-state index contributed by atoms with van der Waals surface area (Å²) in [6, 6.07) is 9.09. The van der Waals surface area contributed by atoms with Gasteiger partial charge in [0.25, 0.3) is 0 Å². The van der Waals surface area contributed by atoms with E-state index in [0.717, 1.165) is 11.3 Å². The summed E-state index contributed by atoms with van der Waals surface area (Å²) in [6.07, 6.45) is 2.02. The first kappa shape index (κ1) is 18.0. The van der Waals surface area contributed by atoms with Crippen molar-refractivity contribution in [3.05, 3.63) is 54.1 Å². The number of benzene rings is 1. The number of rotatable bonds is 4. The number of carbonyl (C=O) groups excluding carboxylic acids is 1. The van der Waals surface area contributed by atoms with E-state index in [1.165, 1.54) is 6.20 Å². The van der Waals surface area contributed by atoms with Crippen LogP contribution in [0.4, 0.5) is 14.9 Å². The lowest BCUT2D eigenvalue weighted by Gasteiger charge is -2.36. The minimum atomic E-state index is -0.381. The molecule has 2 heterocycles. The van der Waals surface area contributed by atoms with Crippen LogP contribution in [0.1, 0.15) is 18.6 Å². The molecule has 3 rings (SSSR count). The summed E-state index contributed by atoms with van der Waals surface area (Å²) in [4.78, 5) is 19.7. The highest BCUT2D eigenvalue weighted by molar-refractivity contribution is 5.68. The number of hydrogen-bond acceptors (Lipinski definition) is 5. The Bertz CT molecular complexity index is 763. The first-order chi connectivity index (χ1) is 12.6. The third-order valence-electron chi connectivity index (χ3n) is 4.47. The molecule has 0 N–H and O–H groups in total. The number of nitrogens with zero attached hydrogens (tertiary/aromatic N) is 3. The van der Waals surface area contributed by atoms with Crippen LogP contribution in [0.15, 0.2) is 42.7 Å². The van der Waals surface area contributed by atoms with Crippen molar-refractivity contribution in [2.24, 2.45) is 0 Å². The zero-order valence-electron chi connectivity index (χ0n) is 14.9. The number of aromatic nitrogens is 1. The quantitative estimate of drug-likeness (QED) is 0.839. The van der Waals surface area contributed by atoms with Gasteiger partial charge in [0.15, 0.2) is 5.82 Å². The Kier molecular flexibility index (Phi) is 5.55. The molecule has 0 unspecified atom stereocenters. The molecule has 138 valence electrons. The average Bonchev–Trinajstić information content (AvgIpc) is 2.68. The third kappa shape index (κ3) is 4.04. The summed E-state index contributed by atoms with van der Waals surface area (Å²) >= 11 is 0. The van der Waals surface area contributed by atoms with Gasteiger partial charge in [-0.3, -0.25) is 4.98 Å². The van der Waals surface area contributed by atoms with E-state index in [1.54, 1.807) is 24.3 Å². The second kappa shape index (κ2) is 8.03. The normalized spacial score (nSPS) is 15.5. The zero-order valence-corrected chi connectivity index (χ0v) is 14.9. The van der Waals surface area contributed by atoms with Crippen LogP contribution in [0.25, 0.3) is 0 Å². The van der Waals surface area contributed by atoms with E-state index in [2.05, 4.69) is 4.98 Å². The van der Waals surface area contributed by atoms with Crippen molar-refractivity contribution in [1.29, 1.82) is 0 Å². The van der Waals surface area contributed by atoms with Gasteiger partial charge in [-0.2, -0.15) is 0 Å². The molecular formula is C19H22FN3O3. The molecule has 1 amide bonds. The monoisotopic (exact) mass is 359 g/mol. The number of hydrogen-bond donors (Lipinski definition) is 0. The maximum atomic E-state index is 13.8. The lowest BCUT2D eigenvalue weighted by molar-refractivity contribution is 0.0679. The Morgan fingerprint density at radius 2 is 2.00 bits per heavy atom. The van der Waals surface area contributed by atoms with E-state index >= 15 is 0 Å². The summed E-state index contributed by atoms with van der Waals surface area (Å²) in [5.74, 6) is 0.369. The molecule has 0 aliphatic carbocycles. The predicted octanol–water partition coefficient (Wildman–Crippen LogP) is 3.25. The predicted molar refractivity (Wildman–Crippen MR) is 95.9 cm³/mol. The van der Waals surface area contributed by atoms with Gasteiger partial charge in [0, 0.05) is 32.4 Å². The molecule has 1 aromatic heterocycles. The smallest absolute Gasteiger partial charge is 0.410 e. The SMILES string of the molecule is COc1cccc([C@@H](C)OC(=O)N2CCN(c3ccncc3F)CC2)c1. The summed E-state index contributed by atoms with van der Waals surface area (Å²) in [6.45, 7) is 3.87. The van der Waals surface area contributed by atoms with Gasteiger partial charge in [0.2, 0.25) is 0 Å². The molecule has 1 aromatic carbocycles. The summed E-state index contributed by atoms with van der Waals surface area (Å²) in [5.41, 5.74) is 1.38. The second-order valence-corrected chi connectivity index (χ2v) is 6.10. The van der Waals surface area contributed by atoms with E-state index in [9.17, 15) is 9.18 Å². The molecule has 0 saturated carbocycles. The number of piperazine rings is 1. The number of pyridine rings is 1. The lowest BCUT2D eigenvalue weighted by Crippen LogP contribution is -2.49. The van der Waals surface area contributed by atoms with E-state index in [1.807, 2.05) is 36.1 Å². The Morgan fingerprint density at radius 1 is 1.23 bits per heavy atom. The highest BCUT2D eigenvalue weighted by Gasteiger charge is 2.25. The molecule has 1 saturated heterocycles. The third-order valence-corrected chi connectivity index (χ3v) is 4.47. The van der Waals surface area contributed by atoms with Crippen molar-refractivity contribution >= 4 is 11.8 Å². The Labute approximate surface area is 152 Å². The second-order valence-electron chi connectivity index (χ2n) is 6.10. The van der Waals surface area contributed by atoms with Crippen molar-refractivity contribution < 1.29 is 18.7 Å². The highest BCUT2D eigenvalue weighted by Crippen LogP contribution is 2.23. The molecule has 0 bridgehead atoms. The van der Waals surface area contributed by atoms with Crippen LogP contribution >= 0.6 is 0 Å². The number of amides is 1. The first-order valence-corrected chi connectivity index (χ1v) is 8.52. The van der Waals surface area contributed by atoms with Gasteiger partial charge >= 0.3 is 6.09 Å². The van der Waals surface area contributed by atoms with E-state index in [4.69, 9.17) is 9.47 Å². The molecule has 1 aliphatic rings. The van der Waals surface area contributed by atoms with Gasteiger partial charge in [0.1, 0.15) is 11.9 Å². The molecule has 2 aromatic rings. The number of ether oxygens (including phenoxy) is 2. The van der Waals surface area contributed by atoms with Crippen molar-refractivity contribution in [2.75, 3.05) is 38.2 Å². The maximum absolute atomic E-state index is 13.8. The minimum absolute atomic E-state index is 0.352. The Balaban J connectivity index is 1.56. The molecule has 6 nitrogen and oxygen atoms in total. The van der Waals surface area contributed by atoms with Crippen molar-refractivity contribution in [3.8, 4) is 5.75 Å². The maximum Gasteiger partial charge on any atom is 0.410 e. The molecule has 0 radical (unpaired) electrons. The molecule has 0 spiro atoms. The number of anilines is 1. The Morgan fingerprint density at radius 3 is 2.69 bits per heavy atom. The minimum Gasteiger partial charge on any atom is -0.497 e. The van der Waals surface area contributed by atoms with Gasteiger partial charge in [0.05, 0.1) is 19.0 Å². The Hall–Kier alpha value is -2.83. The fourth-order valence-corrected chi connectivity index (χ4v) is 2.94. The van der Waals surface area contributed by atoms with Crippen LogP contribution in [0.2, 0.25) is 0 Å². The molecule has 26 heavy (non-hydrogen) atoms. The van der Waals surface area contributed by atoms with Crippen LogP contribution in [-0.4, -0.2) is 49.3 Å². The number of carbonyl (C=O) groups is 1. The van der Waals surface area contributed by atoms with Gasteiger partial charge < -0.3 is 19.3 Å². The fourth-order valence-electron chi connectivity index (χ4n) is 2.94. The van der Waals surface area contributed by atoms with Gasteiger partial charge in [-0.1, -0.05) is 12.1 Å². The number of halogens is 1. The van der Waals surface area contributed by atoms with Crippen molar-refractivity contribution in [3.63, 3.8) is 0 Å². The molecule has 1 atom stereocenters. The van der Waals surface area contributed by atoms with Crippen LogP contribution in [0.3, 0.4) is 0 Å². The van der Waals surface area contributed by atoms with Crippen LogP contribution in [-0.2, 0) is 4.74 Å². The molecule has 7 heteroatoms. The van der Waals surface area contributed by atoms with E-state index < -0.39 is 0 Å². The van der Waals surface area contributed by atoms with E-state index in [0.29, 0.717) is 31.9 Å². The van der Waals surface area contributed by atoms with Crippen LogP contribution < -0.4 is 9.64 Å². The molecular weight excluding hydrogens is 337 g/mol.